The highest BCUT2D eigenvalue weighted by Crippen LogP contribution is 2.25. The minimum atomic E-state index is -1.16. The number of aliphatic carboxylic acids is 2. The zero-order chi connectivity index (χ0) is 30.1. The fraction of sp³-hybridized carbons (Fsp3) is 0.286. The van der Waals surface area contributed by atoms with Gasteiger partial charge in [0, 0.05) is 19.5 Å². The molecular weight excluding hydrogens is 528 g/mol. The van der Waals surface area contributed by atoms with Crippen LogP contribution < -0.4 is 5.32 Å². The third-order valence-corrected chi connectivity index (χ3v) is 7.36. The van der Waals surface area contributed by atoms with Gasteiger partial charge in [0.2, 0.25) is 0 Å². The van der Waals surface area contributed by atoms with Crippen LogP contribution in [0.15, 0.2) is 97.1 Å². The Morgan fingerprint density at radius 3 is 2.00 bits per heavy atom. The van der Waals surface area contributed by atoms with Gasteiger partial charge in [-0.05, 0) is 57.9 Å². The van der Waals surface area contributed by atoms with Crippen LogP contribution in [0.4, 0.5) is 4.79 Å². The summed E-state index contributed by atoms with van der Waals surface area (Å²) in [6, 6.07) is 30.0. The SMILES string of the molecule is CC(C)CN(CC(CCc1ccccc1)C(=O)O)C(=O)N[C@@H](Cc1ccc(-c2ccc3ccccc3c2)cc1)C(=O)O. The van der Waals surface area contributed by atoms with E-state index < -0.39 is 29.9 Å². The molecule has 3 N–H and O–H groups in total. The highest BCUT2D eigenvalue weighted by atomic mass is 16.4. The monoisotopic (exact) mass is 566 g/mol. The lowest BCUT2D eigenvalue weighted by Crippen LogP contribution is -2.51. The molecule has 0 bridgehead atoms. The molecule has 218 valence electrons. The number of nitrogens with zero attached hydrogens (tertiary/aromatic N) is 1. The van der Waals surface area contributed by atoms with Crippen LogP contribution in [0.3, 0.4) is 0 Å². The molecule has 4 rings (SSSR count). The van der Waals surface area contributed by atoms with Crippen molar-refractivity contribution >= 4 is 28.7 Å². The van der Waals surface area contributed by atoms with Crippen molar-refractivity contribution in [2.45, 2.75) is 39.2 Å². The first-order valence-electron chi connectivity index (χ1n) is 14.3. The number of hydrogen-bond acceptors (Lipinski definition) is 3. The summed E-state index contributed by atoms with van der Waals surface area (Å²) in [7, 11) is 0. The second-order valence-corrected chi connectivity index (χ2v) is 11.2. The van der Waals surface area contributed by atoms with Crippen LogP contribution in [0.25, 0.3) is 21.9 Å². The van der Waals surface area contributed by atoms with Crippen molar-refractivity contribution in [1.29, 1.82) is 0 Å². The molecule has 4 aromatic carbocycles. The number of amides is 2. The van der Waals surface area contributed by atoms with Gasteiger partial charge in [-0.2, -0.15) is 0 Å². The summed E-state index contributed by atoms with van der Waals surface area (Å²) in [4.78, 5) is 39.0. The lowest BCUT2D eigenvalue weighted by Gasteiger charge is -2.29. The fourth-order valence-corrected chi connectivity index (χ4v) is 5.10. The molecule has 0 aliphatic rings. The summed E-state index contributed by atoms with van der Waals surface area (Å²) in [5, 5.41) is 24.8. The van der Waals surface area contributed by atoms with E-state index >= 15 is 0 Å². The number of fused-ring (bicyclic) bond motifs is 1. The summed E-state index contributed by atoms with van der Waals surface area (Å²) in [5.74, 6) is -2.83. The Morgan fingerprint density at radius 1 is 0.714 bits per heavy atom. The van der Waals surface area contributed by atoms with Crippen LogP contribution in [0, 0.1) is 11.8 Å². The summed E-state index contributed by atoms with van der Waals surface area (Å²) in [6.07, 6.45) is 1.04. The third kappa shape index (κ3) is 8.43. The molecule has 0 aromatic heterocycles. The Kier molecular flexibility index (Phi) is 10.3. The molecule has 0 fully saturated rings. The number of rotatable bonds is 13. The topological polar surface area (TPSA) is 107 Å². The van der Waals surface area contributed by atoms with E-state index in [1.165, 1.54) is 4.90 Å². The Hall–Kier alpha value is -4.65. The number of carbonyl (C=O) groups is 3. The molecule has 7 nitrogen and oxygen atoms in total. The van der Waals surface area contributed by atoms with Crippen LogP contribution in [-0.4, -0.2) is 52.2 Å². The van der Waals surface area contributed by atoms with Crippen molar-refractivity contribution < 1.29 is 24.6 Å². The Balaban J connectivity index is 1.43. The molecule has 0 radical (unpaired) electrons. The summed E-state index contributed by atoms with van der Waals surface area (Å²) in [6.45, 7) is 4.18. The van der Waals surface area contributed by atoms with Crippen molar-refractivity contribution in [3.8, 4) is 11.1 Å². The van der Waals surface area contributed by atoms with Crippen molar-refractivity contribution in [2.24, 2.45) is 11.8 Å². The third-order valence-electron chi connectivity index (χ3n) is 7.36. The van der Waals surface area contributed by atoms with Gasteiger partial charge in [-0.25, -0.2) is 9.59 Å². The van der Waals surface area contributed by atoms with E-state index in [0.29, 0.717) is 19.4 Å². The molecular formula is C35H38N2O5. The molecule has 42 heavy (non-hydrogen) atoms. The van der Waals surface area contributed by atoms with Crippen molar-refractivity contribution in [3.05, 3.63) is 108 Å². The number of carbonyl (C=O) groups excluding carboxylic acids is 1. The Bertz CT molecular complexity index is 1500. The van der Waals surface area contributed by atoms with Gasteiger partial charge >= 0.3 is 18.0 Å². The predicted molar refractivity (Wildman–Crippen MR) is 165 cm³/mol. The normalized spacial score (nSPS) is 12.5. The average Bonchev–Trinajstić information content (AvgIpc) is 2.98. The van der Waals surface area contributed by atoms with Crippen LogP contribution in [0.5, 0.6) is 0 Å². The number of nitrogens with one attached hydrogen (secondary N) is 1. The largest absolute Gasteiger partial charge is 0.481 e. The predicted octanol–water partition coefficient (Wildman–Crippen LogP) is 6.50. The maximum absolute atomic E-state index is 13.3. The number of urea groups is 1. The lowest BCUT2D eigenvalue weighted by atomic mass is 9.98. The van der Waals surface area contributed by atoms with E-state index in [9.17, 15) is 24.6 Å². The van der Waals surface area contributed by atoms with Gasteiger partial charge in [0.15, 0.2) is 0 Å². The molecule has 0 spiro atoms. The first kappa shape index (κ1) is 30.3. The van der Waals surface area contributed by atoms with Crippen LogP contribution in [-0.2, 0) is 22.4 Å². The molecule has 7 heteroatoms. The molecule has 0 saturated carbocycles. The van der Waals surface area contributed by atoms with Gasteiger partial charge in [-0.3, -0.25) is 4.79 Å². The number of carboxylic acid groups (broad SMARTS) is 2. The fourth-order valence-electron chi connectivity index (χ4n) is 5.10. The first-order valence-corrected chi connectivity index (χ1v) is 14.3. The Morgan fingerprint density at radius 2 is 1.36 bits per heavy atom. The summed E-state index contributed by atoms with van der Waals surface area (Å²) < 4.78 is 0. The van der Waals surface area contributed by atoms with Crippen LogP contribution in [0.2, 0.25) is 0 Å². The molecule has 2 atom stereocenters. The van der Waals surface area contributed by atoms with Crippen molar-refractivity contribution in [3.63, 3.8) is 0 Å². The van der Waals surface area contributed by atoms with E-state index in [4.69, 9.17) is 0 Å². The quantitative estimate of drug-likeness (QED) is 0.171. The standard InChI is InChI=1S/C35H38N2O5/c1-24(2)22-37(23-31(33(38)39)17-12-25-8-4-3-5-9-25)35(42)36-32(34(40)41)20-26-13-15-28(16-14-26)30-19-18-27-10-6-7-11-29(27)21-30/h3-11,13-16,18-19,21,24,31-32H,12,17,20,22-23H2,1-2H3,(H,36,42)(H,38,39)(H,40,41)/t31?,32-/m0/s1. The van der Waals surface area contributed by atoms with Crippen molar-refractivity contribution in [1.82, 2.24) is 10.2 Å². The average molecular weight is 567 g/mol. The zero-order valence-electron chi connectivity index (χ0n) is 24.1. The van der Waals surface area contributed by atoms with Crippen LogP contribution >= 0.6 is 0 Å². The van der Waals surface area contributed by atoms with E-state index in [1.54, 1.807) is 0 Å². The summed E-state index contributed by atoms with van der Waals surface area (Å²) >= 11 is 0. The highest BCUT2D eigenvalue weighted by molar-refractivity contribution is 5.87. The maximum atomic E-state index is 13.3. The van der Waals surface area contributed by atoms with Crippen molar-refractivity contribution in [2.75, 3.05) is 13.1 Å². The highest BCUT2D eigenvalue weighted by Gasteiger charge is 2.28. The van der Waals surface area contributed by atoms with E-state index in [0.717, 1.165) is 33.0 Å². The van der Waals surface area contributed by atoms with Gasteiger partial charge in [0.1, 0.15) is 6.04 Å². The second-order valence-electron chi connectivity index (χ2n) is 11.2. The number of hydrogen-bond donors (Lipinski definition) is 3. The molecule has 4 aromatic rings. The zero-order valence-corrected chi connectivity index (χ0v) is 24.1. The number of benzene rings is 4. The van der Waals surface area contributed by atoms with Gasteiger partial charge in [-0.1, -0.05) is 105 Å². The van der Waals surface area contributed by atoms with Crippen LogP contribution in [0.1, 0.15) is 31.4 Å². The smallest absolute Gasteiger partial charge is 0.326 e. The molecule has 0 heterocycles. The van der Waals surface area contributed by atoms with E-state index in [2.05, 4.69) is 35.6 Å². The van der Waals surface area contributed by atoms with Gasteiger partial charge in [0.05, 0.1) is 5.92 Å². The molecule has 2 amide bonds. The molecule has 0 saturated heterocycles. The van der Waals surface area contributed by atoms with E-state index in [1.807, 2.05) is 80.6 Å². The molecule has 0 aliphatic heterocycles. The lowest BCUT2D eigenvalue weighted by molar-refractivity contribution is -0.142. The van der Waals surface area contributed by atoms with Gasteiger partial charge < -0.3 is 20.4 Å². The van der Waals surface area contributed by atoms with E-state index in [-0.39, 0.29) is 18.9 Å². The molecule has 1 unspecified atom stereocenters. The number of aryl methyl sites for hydroxylation is 1. The minimum Gasteiger partial charge on any atom is -0.481 e. The molecule has 0 aliphatic carbocycles. The number of carboxylic acids is 2. The van der Waals surface area contributed by atoms with Gasteiger partial charge in [0.25, 0.3) is 0 Å². The van der Waals surface area contributed by atoms with Gasteiger partial charge in [-0.15, -0.1) is 0 Å². The Labute approximate surface area is 246 Å². The first-order chi connectivity index (χ1) is 20.2. The minimum absolute atomic E-state index is 0.00102. The maximum Gasteiger partial charge on any atom is 0.326 e. The summed E-state index contributed by atoms with van der Waals surface area (Å²) in [5.41, 5.74) is 3.88. The second kappa shape index (κ2) is 14.3.